The molecule has 1 aromatic carbocycles. The molecule has 0 unspecified atom stereocenters. The van der Waals surface area contributed by atoms with Gasteiger partial charge in [-0.15, -0.1) is 0 Å². The van der Waals surface area contributed by atoms with Crippen molar-refractivity contribution >= 4 is 34.4 Å². The highest BCUT2D eigenvalue weighted by molar-refractivity contribution is 8.15. The van der Waals surface area contributed by atoms with Crippen molar-refractivity contribution in [2.24, 2.45) is 4.99 Å². The number of fused-ring (bicyclic) bond motifs is 1. The predicted molar refractivity (Wildman–Crippen MR) is 84.6 cm³/mol. The van der Waals surface area contributed by atoms with Crippen molar-refractivity contribution in [3.05, 3.63) is 29.3 Å². The van der Waals surface area contributed by atoms with Crippen molar-refractivity contribution in [3.8, 4) is 0 Å². The zero-order valence-electron chi connectivity index (χ0n) is 12.0. The number of aliphatic imine (C=N–C) groups is 1. The molecule has 1 saturated heterocycles. The van der Waals surface area contributed by atoms with Crippen molar-refractivity contribution in [1.29, 1.82) is 0 Å². The van der Waals surface area contributed by atoms with Crippen LogP contribution in [0.25, 0.3) is 0 Å². The summed E-state index contributed by atoms with van der Waals surface area (Å²) in [6.07, 6.45) is 0.187. The van der Waals surface area contributed by atoms with Gasteiger partial charge in [0.25, 0.3) is 0 Å². The summed E-state index contributed by atoms with van der Waals surface area (Å²) < 4.78 is 0. The molecule has 0 radical (unpaired) electrons. The van der Waals surface area contributed by atoms with Crippen LogP contribution in [0.2, 0.25) is 0 Å². The van der Waals surface area contributed by atoms with Crippen molar-refractivity contribution < 1.29 is 9.59 Å². The lowest BCUT2D eigenvalue weighted by molar-refractivity contribution is -0.127. The SMILES string of the molecule is Cc1ccc(C)c(NC(=O)C[C@@H]2SC3=NCCN3C2=O)c1. The van der Waals surface area contributed by atoms with E-state index >= 15 is 0 Å². The second kappa shape index (κ2) is 5.52. The summed E-state index contributed by atoms with van der Waals surface area (Å²) in [6.45, 7) is 5.26. The minimum Gasteiger partial charge on any atom is -0.326 e. The first-order chi connectivity index (χ1) is 10.0. The maximum Gasteiger partial charge on any atom is 0.242 e. The van der Waals surface area contributed by atoms with Crippen LogP contribution < -0.4 is 5.32 Å². The third-order valence-corrected chi connectivity index (χ3v) is 4.84. The highest BCUT2D eigenvalue weighted by Crippen LogP contribution is 2.31. The second-order valence-corrected chi connectivity index (χ2v) is 6.50. The number of thioether (sulfide) groups is 1. The summed E-state index contributed by atoms with van der Waals surface area (Å²) in [5, 5.41) is 3.33. The van der Waals surface area contributed by atoms with E-state index in [1.807, 2.05) is 32.0 Å². The standard InChI is InChI=1S/C15H17N3O2S/c1-9-3-4-10(2)11(7-9)17-13(19)8-12-14(20)18-6-5-16-15(18)21-12/h3-4,7,12H,5-6,8H2,1-2H3,(H,17,19)/t12-/m0/s1. The Balaban J connectivity index is 1.65. The van der Waals surface area contributed by atoms with Gasteiger partial charge >= 0.3 is 0 Å². The van der Waals surface area contributed by atoms with Crippen molar-refractivity contribution in [2.45, 2.75) is 25.5 Å². The lowest BCUT2D eigenvalue weighted by Gasteiger charge is -2.12. The molecule has 1 aromatic rings. The Hall–Kier alpha value is -1.82. The van der Waals surface area contributed by atoms with Crippen LogP contribution in [0.1, 0.15) is 17.5 Å². The maximum atomic E-state index is 12.2. The van der Waals surface area contributed by atoms with Gasteiger partial charge in [-0.3, -0.25) is 19.5 Å². The van der Waals surface area contributed by atoms with Crippen LogP contribution in [-0.4, -0.2) is 40.2 Å². The van der Waals surface area contributed by atoms with Crippen LogP contribution in [0, 0.1) is 13.8 Å². The maximum absolute atomic E-state index is 12.2. The molecule has 0 spiro atoms. The molecule has 21 heavy (non-hydrogen) atoms. The molecule has 0 bridgehead atoms. The van der Waals surface area contributed by atoms with Gasteiger partial charge < -0.3 is 5.32 Å². The van der Waals surface area contributed by atoms with E-state index in [-0.39, 0.29) is 23.5 Å². The first-order valence-electron chi connectivity index (χ1n) is 6.94. The van der Waals surface area contributed by atoms with Gasteiger partial charge in [-0.1, -0.05) is 23.9 Å². The molecule has 5 nitrogen and oxygen atoms in total. The average Bonchev–Trinajstić information content (AvgIpc) is 2.99. The highest BCUT2D eigenvalue weighted by atomic mass is 32.2. The van der Waals surface area contributed by atoms with Gasteiger partial charge in [0.15, 0.2) is 5.17 Å². The van der Waals surface area contributed by atoms with Crippen LogP contribution >= 0.6 is 11.8 Å². The van der Waals surface area contributed by atoms with Gasteiger partial charge in [0.05, 0.1) is 6.54 Å². The topological polar surface area (TPSA) is 61.8 Å². The first kappa shape index (κ1) is 14.1. The van der Waals surface area contributed by atoms with E-state index in [2.05, 4.69) is 10.3 Å². The lowest BCUT2D eigenvalue weighted by Crippen LogP contribution is -2.32. The second-order valence-electron chi connectivity index (χ2n) is 5.33. The number of anilines is 1. The van der Waals surface area contributed by atoms with E-state index in [1.165, 1.54) is 11.8 Å². The Morgan fingerprint density at radius 2 is 2.29 bits per heavy atom. The molecule has 2 aliphatic rings. The summed E-state index contributed by atoms with van der Waals surface area (Å²) in [7, 11) is 0. The lowest BCUT2D eigenvalue weighted by atomic mass is 10.1. The summed E-state index contributed by atoms with van der Waals surface area (Å²) in [5.41, 5.74) is 2.93. The monoisotopic (exact) mass is 303 g/mol. The fraction of sp³-hybridized carbons (Fsp3) is 0.400. The smallest absolute Gasteiger partial charge is 0.242 e. The van der Waals surface area contributed by atoms with Gasteiger partial charge in [-0.05, 0) is 31.0 Å². The third kappa shape index (κ3) is 2.81. The molecule has 0 aliphatic carbocycles. The molecule has 3 rings (SSSR count). The number of amidine groups is 1. The first-order valence-corrected chi connectivity index (χ1v) is 7.82. The number of carbonyl (C=O) groups excluding carboxylic acids is 2. The van der Waals surface area contributed by atoms with E-state index in [0.29, 0.717) is 13.1 Å². The van der Waals surface area contributed by atoms with Crippen LogP contribution in [0.15, 0.2) is 23.2 Å². The Morgan fingerprint density at radius 3 is 3.05 bits per heavy atom. The largest absolute Gasteiger partial charge is 0.326 e. The molecule has 110 valence electrons. The summed E-state index contributed by atoms with van der Waals surface area (Å²) in [4.78, 5) is 30.3. The number of hydrogen-bond donors (Lipinski definition) is 1. The molecule has 2 aliphatic heterocycles. The van der Waals surface area contributed by atoms with E-state index in [4.69, 9.17) is 0 Å². The Kier molecular flexibility index (Phi) is 3.71. The van der Waals surface area contributed by atoms with Crippen molar-refractivity contribution in [2.75, 3.05) is 18.4 Å². The van der Waals surface area contributed by atoms with Gasteiger partial charge in [-0.25, -0.2) is 0 Å². The number of carbonyl (C=O) groups is 2. The predicted octanol–water partition coefficient (Wildman–Crippen LogP) is 1.95. The molecule has 2 amide bonds. The van der Waals surface area contributed by atoms with Crippen molar-refractivity contribution in [1.82, 2.24) is 4.90 Å². The van der Waals surface area contributed by atoms with Gasteiger partial charge in [0, 0.05) is 18.7 Å². The molecule has 1 fully saturated rings. The fourth-order valence-corrected chi connectivity index (χ4v) is 3.64. The summed E-state index contributed by atoms with van der Waals surface area (Å²) in [5.74, 6) is -0.122. The molecule has 6 heteroatoms. The Bertz CT molecular complexity index is 642. The van der Waals surface area contributed by atoms with Crippen LogP contribution in [0.4, 0.5) is 5.69 Å². The molecule has 1 N–H and O–H groups in total. The van der Waals surface area contributed by atoms with Crippen LogP contribution in [0.3, 0.4) is 0 Å². The number of aryl methyl sites for hydroxylation is 2. The molecule has 1 atom stereocenters. The number of rotatable bonds is 3. The zero-order valence-corrected chi connectivity index (χ0v) is 12.9. The molecule has 0 saturated carbocycles. The number of nitrogens with zero attached hydrogens (tertiary/aromatic N) is 2. The number of nitrogens with one attached hydrogen (secondary N) is 1. The molecule has 0 aromatic heterocycles. The van der Waals surface area contributed by atoms with Gasteiger partial charge in [0.2, 0.25) is 11.8 Å². The van der Waals surface area contributed by atoms with E-state index in [1.54, 1.807) is 4.90 Å². The Morgan fingerprint density at radius 1 is 1.48 bits per heavy atom. The zero-order chi connectivity index (χ0) is 15.0. The summed E-state index contributed by atoms with van der Waals surface area (Å²) in [6, 6.07) is 5.93. The average molecular weight is 303 g/mol. The van der Waals surface area contributed by atoms with Gasteiger partial charge in [0.1, 0.15) is 5.25 Å². The molecule has 2 heterocycles. The van der Waals surface area contributed by atoms with E-state index < -0.39 is 0 Å². The van der Waals surface area contributed by atoms with E-state index in [0.717, 1.165) is 22.0 Å². The third-order valence-electron chi connectivity index (χ3n) is 3.63. The molecular formula is C15H17N3O2S. The minimum absolute atomic E-state index is 0.00682. The quantitative estimate of drug-likeness (QED) is 0.928. The number of hydrogen-bond acceptors (Lipinski definition) is 4. The number of amides is 2. The molecular weight excluding hydrogens is 286 g/mol. The fourth-order valence-electron chi connectivity index (χ4n) is 2.45. The normalized spacial score (nSPS) is 20.5. The van der Waals surface area contributed by atoms with Crippen molar-refractivity contribution in [3.63, 3.8) is 0 Å². The summed E-state index contributed by atoms with van der Waals surface area (Å²) >= 11 is 1.40. The Labute approximate surface area is 127 Å². The highest BCUT2D eigenvalue weighted by Gasteiger charge is 2.40. The van der Waals surface area contributed by atoms with Crippen LogP contribution in [0.5, 0.6) is 0 Å². The van der Waals surface area contributed by atoms with E-state index in [9.17, 15) is 9.59 Å². The number of benzene rings is 1. The van der Waals surface area contributed by atoms with Crippen LogP contribution in [-0.2, 0) is 9.59 Å². The van der Waals surface area contributed by atoms with Gasteiger partial charge in [-0.2, -0.15) is 0 Å². The minimum atomic E-state index is -0.339.